The van der Waals surface area contributed by atoms with Gasteiger partial charge in [0.1, 0.15) is 0 Å². The lowest BCUT2D eigenvalue weighted by molar-refractivity contribution is -0.136. The lowest BCUT2D eigenvalue weighted by Gasteiger charge is -2.38. The number of amides is 2. The Bertz CT molecular complexity index is 452. The van der Waals surface area contributed by atoms with E-state index >= 15 is 0 Å². The van der Waals surface area contributed by atoms with E-state index in [1.807, 2.05) is 16.7 Å². The molecular formula is C18H33N5O2. The Morgan fingerprint density at radius 3 is 2.16 bits per heavy atom. The molecule has 1 atom stereocenters. The molecule has 142 valence electrons. The molecular weight excluding hydrogens is 318 g/mol. The summed E-state index contributed by atoms with van der Waals surface area (Å²) in [5.74, 6) is 0.571. The van der Waals surface area contributed by atoms with Crippen LogP contribution in [0.25, 0.3) is 0 Å². The number of nitrogens with zero attached hydrogens (tertiary/aromatic N) is 4. The minimum absolute atomic E-state index is 0.0114. The van der Waals surface area contributed by atoms with Crippen LogP contribution in [0.1, 0.15) is 26.2 Å². The maximum Gasteiger partial charge on any atom is 0.239 e. The first kappa shape index (κ1) is 18.6. The van der Waals surface area contributed by atoms with E-state index in [-0.39, 0.29) is 11.9 Å². The molecule has 25 heavy (non-hydrogen) atoms. The molecule has 2 amide bonds. The number of piperazine rings is 2. The quantitative estimate of drug-likeness (QED) is 0.719. The zero-order valence-electron chi connectivity index (χ0n) is 15.6. The van der Waals surface area contributed by atoms with Crippen LogP contribution in [0, 0.1) is 0 Å². The third kappa shape index (κ3) is 4.92. The van der Waals surface area contributed by atoms with Crippen LogP contribution in [0.2, 0.25) is 0 Å². The van der Waals surface area contributed by atoms with Crippen molar-refractivity contribution in [2.45, 2.75) is 32.2 Å². The van der Waals surface area contributed by atoms with Crippen LogP contribution in [0.15, 0.2) is 0 Å². The molecule has 0 bridgehead atoms. The topological polar surface area (TPSA) is 59.1 Å². The number of rotatable bonds is 5. The first-order chi connectivity index (χ1) is 12.1. The molecule has 0 aromatic heterocycles. The van der Waals surface area contributed by atoms with Crippen molar-refractivity contribution in [1.29, 1.82) is 0 Å². The highest BCUT2D eigenvalue weighted by Crippen LogP contribution is 2.14. The molecule has 3 aliphatic heterocycles. The highest BCUT2D eigenvalue weighted by Gasteiger charge is 2.30. The second-order valence-corrected chi connectivity index (χ2v) is 7.47. The summed E-state index contributed by atoms with van der Waals surface area (Å²) in [4.78, 5) is 33.5. The Labute approximate surface area is 151 Å². The predicted molar refractivity (Wildman–Crippen MR) is 97.4 cm³/mol. The highest BCUT2D eigenvalue weighted by molar-refractivity contribution is 5.81. The second-order valence-electron chi connectivity index (χ2n) is 7.47. The third-order valence-electron chi connectivity index (χ3n) is 5.84. The van der Waals surface area contributed by atoms with Gasteiger partial charge in [0.25, 0.3) is 0 Å². The summed E-state index contributed by atoms with van der Waals surface area (Å²) < 4.78 is 0. The van der Waals surface area contributed by atoms with E-state index in [4.69, 9.17) is 0 Å². The smallest absolute Gasteiger partial charge is 0.239 e. The average molecular weight is 351 g/mol. The normalized spacial score (nSPS) is 24.5. The first-order valence-electron chi connectivity index (χ1n) is 9.89. The van der Waals surface area contributed by atoms with Gasteiger partial charge in [-0.2, -0.15) is 0 Å². The van der Waals surface area contributed by atoms with Crippen LogP contribution in [-0.4, -0.2) is 109 Å². The standard InChI is InChI=1S/C18H33N5O2/c1-16(18(25)23-7-2-3-8-23)21-14-12-20(13-15-21)9-4-17(24)22-10-5-19-6-11-22/h16,19H,2-15H2,1H3. The van der Waals surface area contributed by atoms with Crippen molar-refractivity contribution >= 4 is 11.8 Å². The van der Waals surface area contributed by atoms with E-state index < -0.39 is 0 Å². The van der Waals surface area contributed by atoms with E-state index in [0.717, 1.165) is 84.8 Å². The van der Waals surface area contributed by atoms with Gasteiger partial charge in [-0.15, -0.1) is 0 Å². The van der Waals surface area contributed by atoms with Crippen molar-refractivity contribution < 1.29 is 9.59 Å². The Hall–Kier alpha value is -1.18. The number of hydrogen-bond acceptors (Lipinski definition) is 5. The molecule has 0 spiro atoms. The lowest BCUT2D eigenvalue weighted by Crippen LogP contribution is -2.54. The summed E-state index contributed by atoms with van der Waals surface area (Å²) in [6, 6.07) is -0.0114. The average Bonchev–Trinajstić information content (AvgIpc) is 3.21. The highest BCUT2D eigenvalue weighted by atomic mass is 16.2. The summed E-state index contributed by atoms with van der Waals surface area (Å²) in [6.45, 7) is 12.0. The van der Waals surface area contributed by atoms with Gasteiger partial charge in [0, 0.05) is 78.4 Å². The van der Waals surface area contributed by atoms with Gasteiger partial charge in [0.05, 0.1) is 6.04 Å². The number of likely N-dealkylation sites (tertiary alicyclic amines) is 1. The molecule has 3 heterocycles. The number of hydrogen-bond donors (Lipinski definition) is 1. The van der Waals surface area contributed by atoms with Gasteiger partial charge in [-0.05, 0) is 19.8 Å². The number of carbonyl (C=O) groups is 2. The van der Waals surface area contributed by atoms with Gasteiger partial charge < -0.3 is 20.0 Å². The molecule has 0 radical (unpaired) electrons. The minimum atomic E-state index is -0.0114. The largest absolute Gasteiger partial charge is 0.341 e. The molecule has 0 aromatic rings. The summed E-state index contributed by atoms with van der Waals surface area (Å²) in [5.41, 5.74) is 0. The van der Waals surface area contributed by atoms with Crippen LogP contribution in [0.4, 0.5) is 0 Å². The van der Waals surface area contributed by atoms with Crippen molar-refractivity contribution in [2.75, 3.05) is 72.0 Å². The van der Waals surface area contributed by atoms with Crippen molar-refractivity contribution in [3.63, 3.8) is 0 Å². The van der Waals surface area contributed by atoms with Crippen LogP contribution < -0.4 is 5.32 Å². The monoisotopic (exact) mass is 351 g/mol. The Kier molecular flexibility index (Phi) is 6.67. The Morgan fingerprint density at radius 1 is 0.880 bits per heavy atom. The molecule has 3 saturated heterocycles. The molecule has 1 N–H and O–H groups in total. The van der Waals surface area contributed by atoms with E-state index in [2.05, 4.69) is 15.1 Å². The maximum absolute atomic E-state index is 12.5. The maximum atomic E-state index is 12.5. The molecule has 7 heteroatoms. The van der Waals surface area contributed by atoms with Crippen molar-refractivity contribution in [2.24, 2.45) is 0 Å². The van der Waals surface area contributed by atoms with Gasteiger partial charge in [0.2, 0.25) is 11.8 Å². The predicted octanol–water partition coefficient (Wildman–Crippen LogP) is -0.563. The molecule has 0 saturated carbocycles. The fourth-order valence-corrected chi connectivity index (χ4v) is 4.06. The van der Waals surface area contributed by atoms with Crippen molar-refractivity contribution in [3.8, 4) is 0 Å². The summed E-state index contributed by atoms with van der Waals surface area (Å²) in [6.07, 6.45) is 2.91. The van der Waals surface area contributed by atoms with Crippen LogP contribution in [0.5, 0.6) is 0 Å². The zero-order valence-corrected chi connectivity index (χ0v) is 15.6. The van der Waals surface area contributed by atoms with Crippen molar-refractivity contribution in [1.82, 2.24) is 24.9 Å². The van der Waals surface area contributed by atoms with E-state index in [0.29, 0.717) is 12.3 Å². The molecule has 3 fully saturated rings. The SMILES string of the molecule is CC(C(=O)N1CCCC1)N1CCN(CCC(=O)N2CCNCC2)CC1. The van der Waals surface area contributed by atoms with Gasteiger partial charge in [-0.1, -0.05) is 0 Å². The van der Waals surface area contributed by atoms with Crippen LogP contribution in [-0.2, 0) is 9.59 Å². The number of carbonyl (C=O) groups excluding carboxylic acids is 2. The number of nitrogens with one attached hydrogen (secondary N) is 1. The molecule has 0 aromatic carbocycles. The third-order valence-corrected chi connectivity index (χ3v) is 5.84. The van der Waals surface area contributed by atoms with Crippen LogP contribution >= 0.6 is 0 Å². The van der Waals surface area contributed by atoms with E-state index in [9.17, 15) is 9.59 Å². The minimum Gasteiger partial charge on any atom is -0.341 e. The molecule has 0 aliphatic carbocycles. The second kappa shape index (κ2) is 8.96. The lowest BCUT2D eigenvalue weighted by atomic mass is 10.2. The van der Waals surface area contributed by atoms with E-state index in [1.165, 1.54) is 0 Å². The molecule has 3 rings (SSSR count). The Balaban J connectivity index is 1.36. The fourth-order valence-electron chi connectivity index (χ4n) is 4.06. The summed E-state index contributed by atoms with van der Waals surface area (Å²) in [7, 11) is 0. The fraction of sp³-hybridized carbons (Fsp3) is 0.889. The Morgan fingerprint density at radius 2 is 1.52 bits per heavy atom. The zero-order chi connectivity index (χ0) is 17.6. The van der Waals surface area contributed by atoms with Crippen molar-refractivity contribution in [3.05, 3.63) is 0 Å². The summed E-state index contributed by atoms with van der Waals surface area (Å²) >= 11 is 0. The van der Waals surface area contributed by atoms with Gasteiger partial charge in [-0.25, -0.2) is 0 Å². The first-order valence-corrected chi connectivity index (χ1v) is 9.89. The molecule has 1 unspecified atom stereocenters. The molecule has 7 nitrogen and oxygen atoms in total. The van der Waals surface area contributed by atoms with Gasteiger partial charge in [-0.3, -0.25) is 14.5 Å². The van der Waals surface area contributed by atoms with Gasteiger partial charge >= 0.3 is 0 Å². The van der Waals surface area contributed by atoms with Crippen LogP contribution in [0.3, 0.4) is 0 Å². The summed E-state index contributed by atoms with van der Waals surface area (Å²) in [5, 5.41) is 3.28. The van der Waals surface area contributed by atoms with E-state index in [1.54, 1.807) is 0 Å². The van der Waals surface area contributed by atoms with Gasteiger partial charge in [0.15, 0.2) is 0 Å². The molecule has 3 aliphatic rings.